The van der Waals surface area contributed by atoms with Gasteiger partial charge in [-0.25, -0.2) is 28.8 Å². The molecule has 0 saturated carbocycles. The van der Waals surface area contributed by atoms with E-state index in [-0.39, 0.29) is 46.2 Å². The topological polar surface area (TPSA) is 249 Å². The van der Waals surface area contributed by atoms with Crippen molar-refractivity contribution in [1.29, 1.82) is 0 Å². The fourth-order valence-corrected chi connectivity index (χ4v) is 6.43. The third kappa shape index (κ3) is 25.6. The predicted molar refractivity (Wildman–Crippen MR) is 257 cm³/mol. The van der Waals surface area contributed by atoms with Crippen LogP contribution in [0.15, 0.2) is 0 Å². The summed E-state index contributed by atoms with van der Waals surface area (Å²) in [5.74, 6) is -1.74. The number of hydrogen-bond donors (Lipinski definition) is 1. The van der Waals surface area contributed by atoms with Crippen molar-refractivity contribution in [2.24, 2.45) is 0 Å². The zero-order chi connectivity index (χ0) is 54.3. The van der Waals surface area contributed by atoms with Gasteiger partial charge in [0.2, 0.25) is 0 Å². The summed E-state index contributed by atoms with van der Waals surface area (Å²) in [4.78, 5) is 79.8. The number of unbranched alkanes of at least 4 members (excludes halogenated alkanes) is 2. The SMILES string of the molecule is CCCCO[C@H]1COC[C@H](N(C(=O)OC(C)(C)C)C(=O)OC(C)(C)C)C(=O)O[C@@H](C)[C@@H]1OCCO.CCCCO[C@H]1COC[C@H](N(C(=O)OC(C)(C)C)C(=O)OC(C)(C)C)C(=O)O[C@@H](C)[C@@H]1OCCOC. The maximum absolute atomic E-state index is 13.3. The number of cyclic esters (lactones) is 2. The number of hydrogen-bond acceptors (Lipinski definition) is 20. The maximum Gasteiger partial charge on any atom is 0.420 e. The first-order chi connectivity index (χ1) is 32.9. The zero-order valence-electron chi connectivity index (χ0n) is 45.6. The van der Waals surface area contributed by atoms with Crippen LogP contribution < -0.4 is 0 Å². The quantitative estimate of drug-likeness (QED) is 0.0898. The first-order valence-electron chi connectivity index (χ1n) is 24.5. The lowest BCUT2D eigenvalue weighted by Crippen LogP contribution is -2.54. The lowest BCUT2D eigenvalue weighted by Gasteiger charge is -2.32. The molecular formula is C49H88N2O20. The maximum atomic E-state index is 13.3. The van der Waals surface area contributed by atoms with Gasteiger partial charge in [0, 0.05) is 20.3 Å². The Morgan fingerprint density at radius 3 is 1.13 bits per heavy atom. The summed E-state index contributed by atoms with van der Waals surface area (Å²) in [6.07, 6.45) is -4.86. The molecule has 0 spiro atoms. The number of amides is 4. The summed E-state index contributed by atoms with van der Waals surface area (Å²) in [5, 5.41) is 9.23. The number of ether oxygens (including phenoxy) is 13. The molecule has 71 heavy (non-hydrogen) atoms. The highest BCUT2D eigenvalue weighted by molar-refractivity contribution is 5.95. The Morgan fingerprint density at radius 1 is 0.521 bits per heavy atom. The van der Waals surface area contributed by atoms with E-state index >= 15 is 0 Å². The number of carbonyl (C=O) groups is 6. The number of aliphatic hydroxyl groups is 1. The molecule has 4 amide bonds. The minimum atomic E-state index is -1.46. The number of nitrogens with zero attached hydrogens (tertiary/aromatic N) is 2. The molecule has 0 bridgehead atoms. The molecular weight excluding hydrogens is 937 g/mol. The molecule has 0 aromatic rings. The molecule has 22 heteroatoms. The van der Waals surface area contributed by atoms with Crippen LogP contribution in [0.4, 0.5) is 19.2 Å². The van der Waals surface area contributed by atoms with E-state index in [0.717, 1.165) is 25.7 Å². The second kappa shape index (κ2) is 31.0. The average molecular weight is 1030 g/mol. The van der Waals surface area contributed by atoms with Crippen LogP contribution in [0.2, 0.25) is 0 Å². The molecule has 0 unspecified atom stereocenters. The zero-order valence-corrected chi connectivity index (χ0v) is 45.6. The summed E-state index contributed by atoms with van der Waals surface area (Å²) in [5.41, 5.74) is -3.72. The van der Waals surface area contributed by atoms with Crippen LogP contribution in [0.25, 0.3) is 0 Å². The highest BCUT2D eigenvalue weighted by Crippen LogP contribution is 2.25. The van der Waals surface area contributed by atoms with Crippen molar-refractivity contribution < 1.29 is 95.5 Å². The average Bonchev–Trinajstić information content (AvgIpc) is 3.29. The van der Waals surface area contributed by atoms with Crippen LogP contribution in [0, 0.1) is 0 Å². The van der Waals surface area contributed by atoms with Crippen LogP contribution in [0.3, 0.4) is 0 Å². The summed E-state index contributed by atoms with van der Waals surface area (Å²) in [6.45, 7) is 27.7. The second-order valence-corrected chi connectivity index (χ2v) is 21.0. The van der Waals surface area contributed by atoms with E-state index in [9.17, 15) is 33.9 Å². The summed E-state index contributed by atoms with van der Waals surface area (Å²) < 4.78 is 73.1. The Hall–Kier alpha value is -3.90. The lowest BCUT2D eigenvalue weighted by atomic mass is 10.1. The molecule has 0 radical (unpaired) electrons. The van der Waals surface area contributed by atoms with Gasteiger partial charge in [-0.05, 0) is 110 Å². The van der Waals surface area contributed by atoms with E-state index in [1.807, 2.05) is 13.8 Å². The smallest absolute Gasteiger partial charge is 0.420 e. The number of carbonyl (C=O) groups excluding carboxylic acids is 6. The molecule has 0 aromatic carbocycles. The molecule has 1 N–H and O–H groups in total. The second-order valence-electron chi connectivity index (χ2n) is 21.0. The monoisotopic (exact) mass is 1020 g/mol. The Bertz CT molecular complexity index is 1560. The fraction of sp³-hybridized carbons (Fsp3) is 0.878. The van der Waals surface area contributed by atoms with E-state index < -0.39 is 107 Å². The third-order valence-corrected chi connectivity index (χ3v) is 9.57. The molecule has 2 saturated heterocycles. The van der Waals surface area contributed by atoms with Gasteiger partial charge in [-0.3, -0.25) is 0 Å². The van der Waals surface area contributed by atoms with E-state index in [2.05, 4.69) is 0 Å². The van der Waals surface area contributed by atoms with Crippen molar-refractivity contribution in [1.82, 2.24) is 9.80 Å². The van der Waals surface area contributed by atoms with Crippen molar-refractivity contribution in [3.8, 4) is 0 Å². The molecule has 0 aromatic heterocycles. The molecule has 0 aliphatic carbocycles. The van der Waals surface area contributed by atoms with E-state index in [1.54, 1.807) is 104 Å². The largest absolute Gasteiger partial charge is 0.458 e. The molecule has 22 nitrogen and oxygen atoms in total. The Balaban J connectivity index is 0.000000710. The molecule has 2 aliphatic rings. The van der Waals surface area contributed by atoms with Crippen LogP contribution in [-0.2, 0) is 71.2 Å². The highest BCUT2D eigenvalue weighted by atomic mass is 16.6. The van der Waals surface area contributed by atoms with Gasteiger partial charge in [0.25, 0.3) is 0 Å². The van der Waals surface area contributed by atoms with Crippen LogP contribution in [0.1, 0.15) is 136 Å². The van der Waals surface area contributed by atoms with Gasteiger partial charge in [0.05, 0.1) is 52.9 Å². The summed E-state index contributed by atoms with van der Waals surface area (Å²) in [7, 11) is 1.56. The normalized spacial score (nSPS) is 23.8. The summed E-state index contributed by atoms with van der Waals surface area (Å²) >= 11 is 0. The van der Waals surface area contributed by atoms with Gasteiger partial charge < -0.3 is 66.7 Å². The van der Waals surface area contributed by atoms with Gasteiger partial charge in [-0.2, -0.15) is 9.80 Å². The van der Waals surface area contributed by atoms with Crippen molar-refractivity contribution in [2.75, 3.05) is 73.2 Å². The van der Waals surface area contributed by atoms with Gasteiger partial charge in [-0.1, -0.05) is 26.7 Å². The van der Waals surface area contributed by atoms with Crippen molar-refractivity contribution in [2.45, 2.75) is 208 Å². The minimum Gasteiger partial charge on any atom is -0.458 e. The number of aliphatic hydroxyl groups excluding tert-OH is 1. The molecule has 2 fully saturated rings. The Kier molecular flexibility index (Phi) is 28.4. The van der Waals surface area contributed by atoms with E-state index in [0.29, 0.717) is 29.6 Å². The van der Waals surface area contributed by atoms with Crippen molar-refractivity contribution in [3.05, 3.63) is 0 Å². The van der Waals surface area contributed by atoms with Gasteiger partial charge in [0.1, 0.15) is 59.0 Å². The van der Waals surface area contributed by atoms with Crippen LogP contribution >= 0.6 is 0 Å². The molecule has 8 atom stereocenters. The Labute approximate surface area is 421 Å². The predicted octanol–water partition coefficient (Wildman–Crippen LogP) is 6.76. The molecule has 2 heterocycles. The first kappa shape index (κ1) is 65.1. The van der Waals surface area contributed by atoms with Crippen molar-refractivity contribution >= 4 is 36.3 Å². The molecule has 2 rings (SSSR count). The van der Waals surface area contributed by atoms with Gasteiger partial charge in [0.15, 0.2) is 12.1 Å². The number of methoxy groups -OCH3 is 1. The standard InChI is InChI=1S/C25H45NO10.C24H43NO10/c1-10-11-12-32-19-16-31-15-18(21(27)34-17(2)20(19)33-14-13-30-9)26(22(28)35-24(3,4)5)23(29)36-25(6,7)8;1-9-10-12-31-18-15-30-14-17(20(27)33-16(2)19(18)32-13-11-26)25(21(28)34-23(3,4)5)22(29)35-24(6,7)8/h17-20H,10-16H2,1-9H3;16-19,26H,9-15H2,1-8H3/t17-,18-,19-,20-;16-,17-,18-,19-/m00/s1. The fourth-order valence-electron chi connectivity index (χ4n) is 6.43. The number of esters is 2. The van der Waals surface area contributed by atoms with Crippen LogP contribution in [0.5, 0.6) is 0 Å². The van der Waals surface area contributed by atoms with Crippen molar-refractivity contribution in [3.63, 3.8) is 0 Å². The third-order valence-electron chi connectivity index (χ3n) is 9.57. The van der Waals surface area contributed by atoms with E-state index in [1.165, 1.54) is 0 Å². The molecule has 414 valence electrons. The van der Waals surface area contributed by atoms with Gasteiger partial charge in [-0.15, -0.1) is 0 Å². The van der Waals surface area contributed by atoms with Gasteiger partial charge >= 0.3 is 36.3 Å². The highest BCUT2D eigenvalue weighted by Gasteiger charge is 2.46. The summed E-state index contributed by atoms with van der Waals surface area (Å²) in [6, 6.07) is -2.90. The van der Waals surface area contributed by atoms with E-state index in [4.69, 9.17) is 61.6 Å². The lowest BCUT2D eigenvalue weighted by molar-refractivity contribution is -0.171. The minimum absolute atomic E-state index is 0.00552. The van der Waals surface area contributed by atoms with Crippen LogP contribution in [-0.4, -0.2) is 196 Å². The number of imide groups is 2. The first-order valence-corrected chi connectivity index (χ1v) is 24.5. The molecule has 2 aliphatic heterocycles. The Morgan fingerprint density at radius 2 is 0.845 bits per heavy atom. The number of rotatable bonds is 17.